The third-order valence-corrected chi connectivity index (χ3v) is 5.67. The van der Waals surface area contributed by atoms with Crippen LogP contribution in [0.2, 0.25) is 0 Å². The third-order valence-electron chi connectivity index (χ3n) is 4.58. The second kappa shape index (κ2) is 9.71. The largest absolute Gasteiger partial charge is 0.352 e. The topological polar surface area (TPSA) is 87.3 Å². The molecule has 0 saturated heterocycles. The molecule has 0 unspecified atom stereocenters. The molecule has 0 bridgehead atoms. The Kier molecular flexibility index (Phi) is 7.63. The summed E-state index contributed by atoms with van der Waals surface area (Å²) in [6.45, 7) is 5.73. The fourth-order valence-corrected chi connectivity index (χ4v) is 3.94. The Morgan fingerprint density at radius 2 is 1.85 bits per heavy atom. The second-order valence-corrected chi connectivity index (χ2v) is 8.38. The van der Waals surface area contributed by atoms with Gasteiger partial charge in [0, 0.05) is 17.8 Å². The number of hydrogen-bond donors (Lipinski definition) is 3. The minimum absolute atomic E-state index is 0.00125. The van der Waals surface area contributed by atoms with Gasteiger partial charge in [-0.05, 0) is 30.9 Å². The molecular weight excluding hydrogens is 350 g/mol. The molecule has 1 atom stereocenters. The molecule has 1 fully saturated rings. The van der Waals surface area contributed by atoms with Crippen LogP contribution in [-0.2, 0) is 16.1 Å². The Morgan fingerprint density at radius 3 is 2.46 bits per heavy atom. The van der Waals surface area contributed by atoms with Crippen LogP contribution >= 0.6 is 11.3 Å². The number of thiophene rings is 1. The molecule has 0 aliphatic heterocycles. The molecule has 1 saturated carbocycles. The zero-order valence-electron chi connectivity index (χ0n) is 15.8. The van der Waals surface area contributed by atoms with Crippen molar-refractivity contribution in [2.45, 2.75) is 71.5 Å². The van der Waals surface area contributed by atoms with Crippen LogP contribution < -0.4 is 16.0 Å². The van der Waals surface area contributed by atoms with Crippen molar-refractivity contribution >= 4 is 29.1 Å². The molecule has 1 aliphatic rings. The van der Waals surface area contributed by atoms with Gasteiger partial charge < -0.3 is 16.0 Å². The third kappa shape index (κ3) is 6.12. The fraction of sp³-hybridized carbons (Fsp3) is 0.632. The van der Waals surface area contributed by atoms with Crippen LogP contribution in [0, 0.1) is 5.92 Å². The zero-order chi connectivity index (χ0) is 19.1. The van der Waals surface area contributed by atoms with Gasteiger partial charge in [-0.25, -0.2) is 0 Å². The maximum absolute atomic E-state index is 12.6. The van der Waals surface area contributed by atoms with E-state index in [4.69, 9.17) is 0 Å². The first-order chi connectivity index (χ1) is 12.4. The molecule has 1 heterocycles. The average Bonchev–Trinajstić information content (AvgIpc) is 3.07. The molecule has 3 N–H and O–H groups in total. The van der Waals surface area contributed by atoms with Crippen molar-refractivity contribution in [2.24, 2.45) is 5.92 Å². The van der Waals surface area contributed by atoms with Crippen LogP contribution in [-0.4, -0.2) is 29.8 Å². The van der Waals surface area contributed by atoms with Gasteiger partial charge in [-0.2, -0.15) is 0 Å². The Morgan fingerprint density at radius 1 is 1.15 bits per heavy atom. The van der Waals surface area contributed by atoms with E-state index in [9.17, 15) is 14.4 Å². The average molecular weight is 380 g/mol. The minimum atomic E-state index is -0.551. The number of carbonyl (C=O) groups excluding carboxylic acids is 3. The van der Waals surface area contributed by atoms with Crippen LogP contribution in [0.3, 0.4) is 0 Å². The van der Waals surface area contributed by atoms with E-state index in [0.717, 1.165) is 30.6 Å². The molecule has 0 radical (unpaired) electrons. The summed E-state index contributed by atoms with van der Waals surface area (Å²) < 4.78 is 0. The molecule has 1 aromatic heterocycles. The molecule has 26 heavy (non-hydrogen) atoms. The summed E-state index contributed by atoms with van der Waals surface area (Å²) in [4.78, 5) is 37.6. The Labute approximate surface area is 159 Å². The van der Waals surface area contributed by atoms with Crippen molar-refractivity contribution in [3.05, 3.63) is 21.9 Å². The predicted molar refractivity (Wildman–Crippen MR) is 103 cm³/mol. The monoisotopic (exact) mass is 379 g/mol. The maximum Gasteiger partial charge on any atom is 0.262 e. The van der Waals surface area contributed by atoms with Crippen LogP contribution in [0.5, 0.6) is 0 Å². The van der Waals surface area contributed by atoms with Gasteiger partial charge in [0.05, 0.1) is 11.4 Å². The Bertz CT molecular complexity index is 636. The van der Waals surface area contributed by atoms with E-state index < -0.39 is 6.04 Å². The SMILES string of the molecule is CC(=O)NCc1ccc(C(=O)N[C@H](C(=O)NC2CCCCC2)C(C)C)s1. The van der Waals surface area contributed by atoms with Crippen LogP contribution in [0.25, 0.3) is 0 Å². The van der Waals surface area contributed by atoms with Gasteiger partial charge in [-0.3, -0.25) is 14.4 Å². The Hall–Kier alpha value is -1.89. The van der Waals surface area contributed by atoms with E-state index in [-0.39, 0.29) is 29.7 Å². The van der Waals surface area contributed by atoms with E-state index in [2.05, 4.69) is 16.0 Å². The van der Waals surface area contributed by atoms with Crippen molar-refractivity contribution < 1.29 is 14.4 Å². The van der Waals surface area contributed by atoms with Gasteiger partial charge >= 0.3 is 0 Å². The molecule has 0 spiro atoms. The first-order valence-corrected chi connectivity index (χ1v) is 10.1. The maximum atomic E-state index is 12.6. The number of rotatable bonds is 7. The van der Waals surface area contributed by atoms with E-state index in [1.807, 2.05) is 19.9 Å². The van der Waals surface area contributed by atoms with Crippen molar-refractivity contribution in [2.75, 3.05) is 0 Å². The lowest BCUT2D eigenvalue weighted by molar-refractivity contribution is -0.125. The standard InChI is InChI=1S/C19H29N3O3S/c1-12(2)17(19(25)21-14-7-5-4-6-8-14)22-18(24)16-10-9-15(26-16)11-20-13(3)23/h9-10,12,14,17H,4-8,11H2,1-3H3,(H,20,23)(H,21,25)(H,22,24)/t17-/m0/s1. The molecule has 1 aromatic rings. The highest BCUT2D eigenvalue weighted by Crippen LogP contribution is 2.19. The van der Waals surface area contributed by atoms with Crippen molar-refractivity contribution in [1.29, 1.82) is 0 Å². The predicted octanol–water partition coefficient (Wildman–Crippen LogP) is 2.59. The van der Waals surface area contributed by atoms with Gasteiger partial charge in [-0.1, -0.05) is 33.1 Å². The quantitative estimate of drug-likeness (QED) is 0.680. The van der Waals surface area contributed by atoms with Gasteiger partial charge in [0.15, 0.2) is 0 Å². The number of nitrogens with one attached hydrogen (secondary N) is 3. The van der Waals surface area contributed by atoms with Crippen LogP contribution in [0.4, 0.5) is 0 Å². The zero-order valence-corrected chi connectivity index (χ0v) is 16.6. The van der Waals surface area contributed by atoms with E-state index in [1.54, 1.807) is 6.07 Å². The molecule has 2 rings (SSSR count). The summed E-state index contributed by atoms with van der Waals surface area (Å²) in [6, 6.07) is 3.22. The van der Waals surface area contributed by atoms with E-state index >= 15 is 0 Å². The van der Waals surface area contributed by atoms with Crippen molar-refractivity contribution in [3.8, 4) is 0 Å². The molecule has 0 aromatic carbocycles. The first-order valence-electron chi connectivity index (χ1n) is 9.31. The first kappa shape index (κ1) is 20.4. The summed E-state index contributed by atoms with van der Waals surface area (Å²) in [5.41, 5.74) is 0. The lowest BCUT2D eigenvalue weighted by atomic mass is 9.94. The summed E-state index contributed by atoms with van der Waals surface area (Å²) in [6.07, 6.45) is 5.56. The molecule has 7 heteroatoms. The highest BCUT2D eigenvalue weighted by atomic mass is 32.1. The lowest BCUT2D eigenvalue weighted by Crippen LogP contribution is -2.52. The second-order valence-electron chi connectivity index (χ2n) is 7.21. The smallest absolute Gasteiger partial charge is 0.262 e. The van der Waals surface area contributed by atoms with Gasteiger partial charge in [0.2, 0.25) is 11.8 Å². The lowest BCUT2D eigenvalue weighted by Gasteiger charge is -2.27. The number of hydrogen-bond acceptors (Lipinski definition) is 4. The number of amides is 3. The highest BCUT2D eigenvalue weighted by Gasteiger charge is 2.27. The molecule has 3 amide bonds. The van der Waals surface area contributed by atoms with Crippen LogP contribution in [0.1, 0.15) is 67.4 Å². The minimum Gasteiger partial charge on any atom is -0.352 e. The normalized spacial score (nSPS) is 16.2. The van der Waals surface area contributed by atoms with Gasteiger partial charge in [-0.15, -0.1) is 11.3 Å². The summed E-state index contributed by atoms with van der Waals surface area (Å²) >= 11 is 1.33. The number of carbonyl (C=O) groups is 3. The van der Waals surface area contributed by atoms with Gasteiger partial charge in [0.25, 0.3) is 5.91 Å². The van der Waals surface area contributed by atoms with Crippen LogP contribution in [0.15, 0.2) is 12.1 Å². The van der Waals surface area contributed by atoms with Gasteiger partial charge in [0.1, 0.15) is 6.04 Å². The van der Waals surface area contributed by atoms with Crippen molar-refractivity contribution in [3.63, 3.8) is 0 Å². The molecule has 6 nitrogen and oxygen atoms in total. The molecule has 144 valence electrons. The summed E-state index contributed by atoms with van der Waals surface area (Å²) in [5.74, 6) is -0.457. The highest BCUT2D eigenvalue weighted by molar-refractivity contribution is 7.14. The van der Waals surface area contributed by atoms with E-state index in [1.165, 1.54) is 24.7 Å². The van der Waals surface area contributed by atoms with E-state index in [0.29, 0.717) is 11.4 Å². The van der Waals surface area contributed by atoms with Crippen molar-refractivity contribution in [1.82, 2.24) is 16.0 Å². The summed E-state index contributed by atoms with van der Waals surface area (Å²) in [7, 11) is 0. The Balaban J connectivity index is 1.94. The fourth-order valence-electron chi connectivity index (χ4n) is 3.09. The summed E-state index contributed by atoms with van der Waals surface area (Å²) in [5, 5.41) is 8.68. The molecular formula is C19H29N3O3S. The molecule has 1 aliphatic carbocycles.